The van der Waals surface area contributed by atoms with Gasteiger partial charge in [0.2, 0.25) is 16.1 Å². The Balaban J connectivity index is 3.20. The van der Waals surface area contributed by atoms with Gasteiger partial charge in [-0.25, -0.2) is 18.0 Å². The summed E-state index contributed by atoms with van der Waals surface area (Å²) in [6, 6.07) is 2.89. The van der Waals surface area contributed by atoms with E-state index in [1.54, 1.807) is 32.9 Å². The summed E-state index contributed by atoms with van der Waals surface area (Å²) in [5.41, 5.74) is 0.545. The Bertz CT molecular complexity index is 686. The third-order valence-corrected chi connectivity index (χ3v) is 5.03. The van der Waals surface area contributed by atoms with E-state index >= 15 is 0 Å². The number of rotatable bonds is 8. The van der Waals surface area contributed by atoms with Gasteiger partial charge in [-0.15, -0.1) is 0 Å². The van der Waals surface area contributed by atoms with Gasteiger partial charge in [0.15, 0.2) is 0 Å². The average Bonchev–Trinajstić information content (AvgIpc) is 2.52. The number of hydrogen-bond acceptors (Lipinski definition) is 6. The van der Waals surface area contributed by atoms with Crippen molar-refractivity contribution in [3.63, 3.8) is 0 Å². The highest BCUT2D eigenvalue weighted by Gasteiger charge is 2.35. The molecule has 1 N–H and O–H groups in total. The van der Waals surface area contributed by atoms with Gasteiger partial charge in [-0.2, -0.15) is 4.72 Å². The number of esters is 2. The molecule has 0 spiro atoms. The third kappa shape index (κ3) is 5.29. The van der Waals surface area contributed by atoms with Crippen molar-refractivity contribution in [2.75, 3.05) is 13.2 Å². The second-order valence-electron chi connectivity index (χ2n) is 4.66. The lowest BCUT2D eigenvalue weighted by Gasteiger charge is -2.17. The molecule has 0 aliphatic rings. The molecule has 0 saturated carbocycles. The molecule has 0 atom stereocenters. The number of halogens is 1. The van der Waals surface area contributed by atoms with Gasteiger partial charge < -0.3 is 9.47 Å². The van der Waals surface area contributed by atoms with Crippen LogP contribution >= 0.6 is 15.9 Å². The fourth-order valence-electron chi connectivity index (χ4n) is 1.95. The van der Waals surface area contributed by atoms with Crippen LogP contribution in [-0.2, 0) is 35.5 Å². The highest BCUT2D eigenvalue weighted by atomic mass is 79.9. The molecular weight excluding hydrogens is 402 g/mol. The Morgan fingerprint density at radius 1 is 1.12 bits per heavy atom. The van der Waals surface area contributed by atoms with Crippen molar-refractivity contribution in [2.45, 2.75) is 38.1 Å². The van der Waals surface area contributed by atoms with Crippen molar-refractivity contribution in [3.05, 3.63) is 28.2 Å². The minimum absolute atomic E-state index is 0.00760. The zero-order valence-electron chi connectivity index (χ0n) is 13.7. The number of hydrogen-bond donors (Lipinski definition) is 1. The summed E-state index contributed by atoms with van der Waals surface area (Å²) in [6.45, 7) is 4.93. The first-order valence-corrected chi connectivity index (χ1v) is 9.68. The molecule has 1 rings (SSSR count). The van der Waals surface area contributed by atoms with E-state index < -0.39 is 28.0 Å². The van der Waals surface area contributed by atoms with E-state index in [0.29, 0.717) is 12.0 Å². The van der Waals surface area contributed by atoms with E-state index in [9.17, 15) is 18.0 Å². The van der Waals surface area contributed by atoms with E-state index in [-0.39, 0.29) is 18.1 Å². The third-order valence-electron chi connectivity index (χ3n) is 3.01. The Morgan fingerprint density at radius 3 is 2.12 bits per heavy atom. The lowest BCUT2D eigenvalue weighted by Crippen LogP contribution is -2.48. The monoisotopic (exact) mass is 421 g/mol. The largest absolute Gasteiger partial charge is 0.464 e. The lowest BCUT2D eigenvalue weighted by atomic mass is 10.2. The summed E-state index contributed by atoms with van der Waals surface area (Å²) in [7, 11) is -4.12. The van der Waals surface area contributed by atoms with E-state index in [4.69, 9.17) is 9.47 Å². The highest BCUT2D eigenvalue weighted by molar-refractivity contribution is 9.10. The number of carbonyl (C=O) groups excluding carboxylic acids is 2. The van der Waals surface area contributed by atoms with Gasteiger partial charge in [-0.1, -0.05) is 22.9 Å². The Kier molecular flexibility index (Phi) is 7.85. The van der Waals surface area contributed by atoms with Crippen LogP contribution in [0.3, 0.4) is 0 Å². The van der Waals surface area contributed by atoms with Gasteiger partial charge in [0.05, 0.1) is 18.1 Å². The minimum Gasteiger partial charge on any atom is -0.464 e. The summed E-state index contributed by atoms with van der Waals surface area (Å²) in [5, 5.41) is 0. The SMILES string of the molecule is CCOC(=O)C(NS(=O)(=O)c1ccc(Br)cc1CC)C(=O)OCC. The quantitative estimate of drug-likeness (QED) is 0.507. The number of sulfonamides is 1. The molecule has 1 aromatic carbocycles. The second-order valence-corrected chi connectivity index (χ2v) is 7.26. The number of benzene rings is 1. The summed E-state index contributed by atoms with van der Waals surface area (Å²) in [4.78, 5) is 23.8. The molecule has 9 heteroatoms. The van der Waals surface area contributed by atoms with E-state index in [0.717, 1.165) is 4.47 Å². The van der Waals surface area contributed by atoms with E-state index in [1.165, 1.54) is 6.07 Å². The molecule has 0 unspecified atom stereocenters. The van der Waals surface area contributed by atoms with Crippen LogP contribution in [0.4, 0.5) is 0 Å². The fraction of sp³-hybridized carbons (Fsp3) is 0.467. The summed E-state index contributed by atoms with van der Waals surface area (Å²) < 4.78 is 37.5. The van der Waals surface area contributed by atoms with Crippen LogP contribution < -0.4 is 4.72 Å². The lowest BCUT2D eigenvalue weighted by molar-refractivity contribution is -0.157. The van der Waals surface area contributed by atoms with Crippen LogP contribution in [0.1, 0.15) is 26.3 Å². The molecule has 0 aliphatic carbocycles. The van der Waals surface area contributed by atoms with Gasteiger partial charge in [0, 0.05) is 4.47 Å². The zero-order chi connectivity index (χ0) is 18.3. The molecule has 0 bridgehead atoms. The van der Waals surface area contributed by atoms with Crippen LogP contribution in [0.15, 0.2) is 27.6 Å². The van der Waals surface area contributed by atoms with Gasteiger partial charge in [-0.05, 0) is 44.0 Å². The Morgan fingerprint density at radius 2 is 1.67 bits per heavy atom. The van der Waals surface area contributed by atoms with Crippen LogP contribution in [0.2, 0.25) is 0 Å². The normalized spacial score (nSPS) is 11.4. The second kappa shape index (κ2) is 9.14. The molecule has 0 aliphatic heterocycles. The number of carbonyl (C=O) groups is 2. The molecule has 134 valence electrons. The Hall–Kier alpha value is -1.45. The molecule has 0 fully saturated rings. The molecule has 0 amide bonds. The smallest absolute Gasteiger partial charge is 0.335 e. The topological polar surface area (TPSA) is 98.8 Å². The van der Waals surface area contributed by atoms with Crippen molar-refractivity contribution in [2.24, 2.45) is 0 Å². The molecule has 24 heavy (non-hydrogen) atoms. The van der Waals surface area contributed by atoms with Crippen molar-refractivity contribution >= 4 is 37.9 Å². The number of nitrogens with one attached hydrogen (secondary N) is 1. The van der Waals surface area contributed by atoms with Crippen molar-refractivity contribution in [3.8, 4) is 0 Å². The predicted molar refractivity (Wildman–Crippen MR) is 90.9 cm³/mol. The molecule has 0 aromatic heterocycles. The van der Waals surface area contributed by atoms with Crippen molar-refractivity contribution < 1.29 is 27.5 Å². The molecule has 0 heterocycles. The highest BCUT2D eigenvalue weighted by Crippen LogP contribution is 2.21. The summed E-state index contributed by atoms with van der Waals surface area (Å²) in [5.74, 6) is -2.01. The van der Waals surface area contributed by atoms with Crippen LogP contribution in [-0.4, -0.2) is 39.6 Å². The molecule has 0 saturated heterocycles. The molecule has 1 aromatic rings. The molecule has 7 nitrogen and oxygen atoms in total. The first kappa shape index (κ1) is 20.6. The standard InChI is InChI=1S/C15H20BrNO6S/c1-4-10-9-11(16)7-8-12(10)24(20,21)17-13(14(18)22-5-2)15(19)23-6-3/h7-9,13,17H,4-6H2,1-3H3. The summed E-state index contributed by atoms with van der Waals surface area (Å²) in [6.07, 6.45) is 0.458. The molecule has 0 radical (unpaired) electrons. The van der Waals surface area contributed by atoms with Crippen LogP contribution in [0.5, 0.6) is 0 Å². The van der Waals surface area contributed by atoms with Crippen LogP contribution in [0, 0.1) is 0 Å². The maximum Gasteiger partial charge on any atom is 0.335 e. The zero-order valence-corrected chi connectivity index (χ0v) is 16.1. The first-order valence-electron chi connectivity index (χ1n) is 7.40. The fourth-order valence-corrected chi connectivity index (χ4v) is 3.78. The maximum absolute atomic E-state index is 12.6. The number of ether oxygens (including phenoxy) is 2. The average molecular weight is 422 g/mol. The van der Waals surface area contributed by atoms with Crippen molar-refractivity contribution in [1.29, 1.82) is 0 Å². The minimum atomic E-state index is -4.12. The summed E-state index contributed by atoms with van der Waals surface area (Å²) >= 11 is 3.28. The van der Waals surface area contributed by atoms with E-state index in [2.05, 4.69) is 20.7 Å². The van der Waals surface area contributed by atoms with Gasteiger partial charge in [-0.3, -0.25) is 0 Å². The van der Waals surface area contributed by atoms with Gasteiger partial charge in [0.1, 0.15) is 0 Å². The first-order chi connectivity index (χ1) is 11.3. The van der Waals surface area contributed by atoms with Gasteiger partial charge in [0.25, 0.3) is 0 Å². The van der Waals surface area contributed by atoms with Gasteiger partial charge >= 0.3 is 11.9 Å². The Labute approximate surface area is 149 Å². The van der Waals surface area contributed by atoms with Crippen LogP contribution in [0.25, 0.3) is 0 Å². The number of aryl methyl sites for hydroxylation is 1. The maximum atomic E-state index is 12.6. The molecular formula is C15H20BrNO6S. The predicted octanol–water partition coefficient (Wildman–Crippen LogP) is 1.78. The van der Waals surface area contributed by atoms with Crippen molar-refractivity contribution in [1.82, 2.24) is 4.72 Å². The van der Waals surface area contributed by atoms with E-state index in [1.807, 2.05) is 0 Å².